The topological polar surface area (TPSA) is 75.7 Å². The number of ether oxygens (including phenoxy) is 1. The normalized spacial score (nSPS) is 20.8. The molecule has 1 atom stereocenters. The first-order valence-electron chi connectivity index (χ1n) is 6.72. The van der Waals surface area contributed by atoms with Crippen molar-refractivity contribution >= 4 is 16.2 Å². The van der Waals surface area contributed by atoms with Crippen molar-refractivity contribution < 1.29 is 17.9 Å². The number of nitrogens with one attached hydrogen (secondary N) is 1. The van der Waals surface area contributed by atoms with E-state index in [1.807, 2.05) is 6.07 Å². The fourth-order valence-electron chi connectivity index (χ4n) is 2.12. The van der Waals surface area contributed by atoms with Crippen LogP contribution in [-0.2, 0) is 19.7 Å². The van der Waals surface area contributed by atoms with E-state index in [4.69, 9.17) is 4.74 Å². The van der Waals surface area contributed by atoms with Crippen molar-refractivity contribution in [3.05, 3.63) is 47.7 Å². The Morgan fingerprint density at radius 2 is 1.95 bits per heavy atom. The standard InChI is InChI=1S/C14H18N2O4S/c1-3-16-10-12(14(17)20-4-2)13(15-21(16,18)19)11-8-6-5-7-9-11/h5-10,13,15H,3-4H2,1-2H3. The summed E-state index contributed by atoms with van der Waals surface area (Å²) in [4.78, 5) is 12.1. The summed E-state index contributed by atoms with van der Waals surface area (Å²) in [5, 5.41) is 0. The van der Waals surface area contributed by atoms with Gasteiger partial charge >= 0.3 is 16.2 Å². The monoisotopic (exact) mass is 310 g/mol. The van der Waals surface area contributed by atoms with Crippen LogP contribution >= 0.6 is 0 Å². The van der Waals surface area contributed by atoms with Crippen LogP contribution in [0.4, 0.5) is 0 Å². The predicted molar refractivity (Wildman–Crippen MR) is 78.3 cm³/mol. The van der Waals surface area contributed by atoms with E-state index in [1.54, 1.807) is 38.1 Å². The van der Waals surface area contributed by atoms with Gasteiger partial charge in [-0.05, 0) is 19.4 Å². The van der Waals surface area contributed by atoms with Gasteiger partial charge in [0.25, 0.3) is 0 Å². The van der Waals surface area contributed by atoms with E-state index in [-0.39, 0.29) is 18.7 Å². The van der Waals surface area contributed by atoms with Crippen LogP contribution in [0.5, 0.6) is 0 Å². The van der Waals surface area contributed by atoms with Crippen LogP contribution in [0.25, 0.3) is 0 Å². The zero-order valence-corrected chi connectivity index (χ0v) is 12.8. The van der Waals surface area contributed by atoms with E-state index in [0.29, 0.717) is 5.56 Å². The Balaban J connectivity index is 2.48. The molecule has 1 aliphatic heterocycles. The number of benzene rings is 1. The average Bonchev–Trinajstić information content (AvgIpc) is 2.47. The van der Waals surface area contributed by atoms with Gasteiger partial charge in [-0.15, -0.1) is 0 Å². The molecule has 0 bridgehead atoms. The van der Waals surface area contributed by atoms with Crippen LogP contribution in [-0.4, -0.2) is 31.8 Å². The molecule has 0 saturated carbocycles. The molecule has 7 heteroatoms. The SMILES string of the molecule is CCOC(=O)C1=CN(CC)S(=O)(=O)NC1c1ccccc1. The van der Waals surface area contributed by atoms with Gasteiger partial charge in [-0.1, -0.05) is 30.3 Å². The summed E-state index contributed by atoms with van der Waals surface area (Å²) in [5.41, 5.74) is 0.968. The molecule has 114 valence electrons. The number of carbonyl (C=O) groups excluding carboxylic acids is 1. The van der Waals surface area contributed by atoms with E-state index >= 15 is 0 Å². The van der Waals surface area contributed by atoms with E-state index < -0.39 is 22.2 Å². The maximum Gasteiger partial charge on any atom is 0.337 e. The molecule has 1 N–H and O–H groups in total. The lowest BCUT2D eigenvalue weighted by Crippen LogP contribution is -2.45. The largest absolute Gasteiger partial charge is 0.463 e. The Morgan fingerprint density at radius 1 is 1.29 bits per heavy atom. The number of hydrogen-bond donors (Lipinski definition) is 1. The van der Waals surface area contributed by atoms with Crippen LogP contribution in [0.1, 0.15) is 25.5 Å². The molecular weight excluding hydrogens is 292 g/mol. The number of carbonyl (C=O) groups is 1. The summed E-state index contributed by atoms with van der Waals surface area (Å²) in [7, 11) is -3.65. The molecule has 0 radical (unpaired) electrons. The van der Waals surface area contributed by atoms with E-state index in [0.717, 1.165) is 4.31 Å². The lowest BCUT2D eigenvalue weighted by Gasteiger charge is -2.31. The van der Waals surface area contributed by atoms with Crippen LogP contribution in [0.2, 0.25) is 0 Å². The minimum atomic E-state index is -3.65. The van der Waals surface area contributed by atoms with Gasteiger partial charge in [0.1, 0.15) is 0 Å². The zero-order valence-electron chi connectivity index (χ0n) is 11.9. The Morgan fingerprint density at radius 3 is 2.52 bits per heavy atom. The summed E-state index contributed by atoms with van der Waals surface area (Å²) in [6.07, 6.45) is 1.35. The second-order valence-corrected chi connectivity index (χ2v) is 6.13. The molecule has 0 saturated heterocycles. The van der Waals surface area contributed by atoms with Crippen molar-refractivity contribution in [2.45, 2.75) is 19.9 Å². The molecule has 0 aromatic heterocycles. The maximum atomic E-state index is 12.1. The number of nitrogens with zero attached hydrogens (tertiary/aromatic N) is 1. The van der Waals surface area contributed by atoms with Crippen molar-refractivity contribution in [3.8, 4) is 0 Å². The van der Waals surface area contributed by atoms with Gasteiger partial charge in [0.15, 0.2) is 0 Å². The zero-order chi connectivity index (χ0) is 15.5. The van der Waals surface area contributed by atoms with Crippen LogP contribution < -0.4 is 4.72 Å². The first-order valence-corrected chi connectivity index (χ1v) is 8.16. The fraction of sp³-hybridized carbons (Fsp3) is 0.357. The minimum Gasteiger partial charge on any atom is -0.463 e. The molecule has 2 rings (SSSR count). The van der Waals surface area contributed by atoms with E-state index in [1.165, 1.54) is 6.20 Å². The molecule has 0 aliphatic carbocycles. The summed E-state index contributed by atoms with van der Waals surface area (Å²) >= 11 is 0. The van der Waals surface area contributed by atoms with Gasteiger partial charge in [0.05, 0.1) is 18.2 Å². The van der Waals surface area contributed by atoms with Crippen molar-refractivity contribution in [2.75, 3.05) is 13.2 Å². The van der Waals surface area contributed by atoms with Gasteiger partial charge in [-0.3, -0.25) is 4.31 Å². The van der Waals surface area contributed by atoms with Crippen molar-refractivity contribution in [3.63, 3.8) is 0 Å². The fourth-order valence-corrected chi connectivity index (χ4v) is 3.41. The van der Waals surface area contributed by atoms with Gasteiger partial charge in [-0.25, -0.2) is 4.79 Å². The molecule has 1 aliphatic rings. The molecule has 1 unspecified atom stereocenters. The highest BCUT2D eigenvalue weighted by atomic mass is 32.2. The van der Waals surface area contributed by atoms with Crippen LogP contribution in [0.3, 0.4) is 0 Å². The highest BCUT2D eigenvalue weighted by molar-refractivity contribution is 7.87. The minimum absolute atomic E-state index is 0.233. The molecule has 1 heterocycles. The molecule has 0 spiro atoms. The molecule has 1 aromatic rings. The summed E-state index contributed by atoms with van der Waals surface area (Å²) < 4.78 is 32.9. The van der Waals surface area contributed by atoms with E-state index in [2.05, 4.69) is 4.72 Å². The number of esters is 1. The molecular formula is C14H18N2O4S. The Hall–Kier alpha value is -1.86. The lowest BCUT2D eigenvalue weighted by molar-refractivity contribution is -0.139. The predicted octanol–water partition coefficient (Wildman–Crippen LogP) is 1.34. The van der Waals surface area contributed by atoms with Crippen LogP contribution in [0.15, 0.2) is 42.1 Å². The highest BCUT2D eigenvalue weighted by Crippen LogP contribution is 2.28. The van der Waals surface area contributed by atoms with Gasteiger partial charge < -0.3 is 4.74 Å². The molecule has 21 heavy (non-hydrogen) atoms. The smallest absolute Gasteiger partial charge is 0.337 e. The maximum absolute atomic E-state index is 12.1. The van der Waals surface area contributed by atoms with E-state index in [9.17, 15) is 13.2 Å². The molecule has 0 amide bonds. The third-order valence-electron chi connectivity index (χ3n) is 3.13. The third-order valence-corrected chi connectivity index (χ3v) is 4.64. The molecule has 1 aromatic carbocycles. The molecule has 0 fully saturated rings. The Kier molecular flexibility index (Phi) is 4.64. The average molecular weight is 310 g/mol. The summed E-state index contributed by atoms with van der Waals surface area (Å²) in [5.74, 6) is -0.521. The van der Waals surface area contributed by atoms with Crippen LogP contribution in [0, 0.1) is 0 Å². The lowest BCUT2D eigenvalue weighted by atomic mass is 10.0. The number of rotatable bonds is 4. The molecule has 6 nitrogen and oxygen atoms in total. The van der Waals surface area contributed by atoms with Gasteiger partial charge in [0, 0.05) is 12.7 Å². The first kappa shape index (κ1) is 15.5. The van der Waals surface area contributed by atoms with Gasteiger partial charge in [0.2, 0.25) is 0 Å². The second-order valence-electron chi connectivity index (χ2n) is 4.47. The first-order chi connectivity index (χ1) is 9.99. The Bertz CT molecular complexity index is 640. The van der Waals surface area contributed by atoms with Crippen molar-refractivity contribution in [1.82, 2.24) is 9.03 Å². The number of hydrogen-bond acceptors (Lipinski definition) is 4. The Labute approximate surface area is 124 Å². The summed E-state index contributed by atoms with van der Waals surface area (Å²) in [6, 6.07) is 8.20. The van der Waals surface area contributed by atoms with Gasteiger partial charge in [-0.2, -0.15) is 13.1 Å². The quantitative estimate of drug-likeness (QED) is 0.852. The summed E-state index contributed by atoms with van der Waals surface area (Å²) in [6.45, 7) is 3.87. The second kappa shape index (κ2) is 6.28. The van der Waals surface area contributed by atoms with Crippen molar-refractivity contribution in [1.29, 1.82) is 0 Å². The highest BCUT2D eigenvalue weighted by Gasteiger charge is 2.35. The van der Waals surface area contributed by atoms with Crippen molar-refractivity contribution in [2.24, 2.45) is 0 Å². The third kappa shape index (κ3) is 3.25.